The lowest BCUT2D eigenvalue weighted by molar-refractivity contribution is -0.808. The van der Waals surface area contributed by atoms with Crippen LogP contribution in [0.2, 0.25) is 21.1 Å². The molecule has 0 aliphatic rings. The largest absolute Gasteiger partial charge is 0.458 e. The fourth-order valence-corrected chi connectivity index (χ4v) is 15.3. The SMILES string of the molecule is CCCCCCC(F)(F)C(F)(F)C(F)(F)[NH2+]CCC(CC)CCCC.CCC[CH2][Al-]([CH2]CCC)([CH2]CCC)[CH2]CCC.Cc1c(F)c(F)c(F)c(C(F)(F)F)c1-c1c(F)c(F)c(F)c(F)c1F. The molecule has 2 aromatic carbocycles. The number of unbranched alkanes of at least 4 members (excludes halogenated alkanes) is 8. The van der Waals surface area contributed by atoms with Crippen LogP contribution in [0.15, 0.2) is 0 Å². The summed E-state index contributed by atoms with van der Waals surface area (Å²) >= 11 is -1.20. The maximum Gasteiger partial charge on any atom is 0.458 e. The van der Waals surface area contributed by atoms with Crippen LogP contribution in [0, 0.1) is 59.4 Å². The van der Waals surface area contributed by atoms with Gasteiger partial charge in [0.2, 0.25) is 5.82 Å². The maximum absolute atomic E-state index is 13.8. The molecule has 0 bridgehead atoms. The number of benzene rings is 2. The lowest BCUT2D eigenvalue weighted by Gasteiger charge is -2.36. The van der Waals surface area contributed by atoms with E-state index >= 15 is 0 Å². The van der Waals surface area contributed by atoms with Crippen LogP contribution < -0.4 is 5.32 Å². The van der Waals surface area contributed by atoms with E-state index in [-0.39, 0.29) is 24.2 Å². The zero-order chi connectivity index (χ0) is 52.0. The second kappa shape index (κ2) is 30.5. The number of halogens is 17. The summed E-state index contributed by atoms with van der Waals surface area (Å²) in [6, 6.07) is -4.80. The van der Waals surface area contributed by atoms with Gasteiger partial charge >= 0.3 is 24.1 Å². The maximum atomic E-state index is 13.8. The van der Waals surface area contributed by atoms with Crippen molar-refractivity contribution in [2.45, 2.75) is 216 Å². The molecule has 0 saturated carbocycles. The molecular formula is C48H73AlF17N. The van der Waals surface area contributed by atoms with Crippen LogP contribution in [0.4, 0.5) is 74.6 Å². The summed E-state index contributed by atoms with van der Waals surface area (Å²) in [5, 5.41) is 6.72. The number of hydrogen-bond acceptors (Lipinski definition) is 0. The standard InChI is InChI=1S/C18H33F6N.C14H3F11.4C4H9.Al/c1-4-7-9-10-13-16(19,20)17(21,22)18(23,24)25-14-12-15(6-3)11-8-5-2;1-2-3(4-7(16)11(20)13(22)12(21)8(4)17)5(14(23,24)25)9(18)10(19)6(2)15;4*1-3-4-2;/h15,25H,4-14H2,1-3H3;1H3;4*1,3-4H2,2H3;/q;;;;;;-1/p+1. The van der Waals surface area contributed by atoms with Gasteiger partial charge in [-0.3, -0.25) is 5.32 Å². The summed E-state index contributed by atoms with van der Waals surface area (Å²) < 4.78 is 229. The van der Waals surface area contributed by atoms with Crippen molar-refractivity contribution >= 4 is 13.1 Å². The lowest BCUT2D eigenvalue weighted by atomic mass is 9.92. The second-order valence-corrected chi connectivity index (χ2v) is 23.7. The van der Waals surface area contributed by atoms with Crippen molar-refractivity contribution < 1.29 is 80.0 Å². The van der Waals surface area contributed by atoms with E-state index in [2.05, 4.69) is 27.7 Å². The molecule has 392 valence electrons. The highest BCUT2D eigenvalue weighted by Crippen LogP contribution is 2.47. The van der Waals surface area contributed by atoms with E-state index in [9.17, 15) is 74.6 Å². The number of alkyl halides is 9. The molecule has 0 aromatic heterocycles. The van der Waals surface area contributed by atoms with Crippen molar-refractivity contribution in [1.29, 1.82) is 0 Å². The molecule has 19 heteroatoms. The van der Waals surface area contributed by atoms with Crippen LogP contribution >= 0.6 is 0 Å². The van der Waals surface area contributed by atoms with Crippen molar-refractivity contribution in [2.24, 2.45) is 5.92 Å². The van der Waals surface area contributed by atoms with Crippen molar-refractivity contribution in [3.63, 3.8) is 0 Å². The van der Waals surface area contributed by atoms with Gasteiger partial charge in [0.25, 0.3) is 0 Å². The smallest absolute Gasteiger partial charge is 0.280 e. The summed E-state index contributed by atoms with van der Waals surface area (Å²) in [6.45, 7) is 15.3. The molecule has 0 heterocycles. The third-order valence-corrected chi connectivity index (χ3v) is 19.3. The molecule has 2 N–H and O–H groups in total. The minimum Gasteiger partial charge on any atom is -0.280 e. The van der Waals surface area contributed by atoms with Gasteiger partial charge in [0.1, 0.15) is 18.6 Å². The zero-order valence-corrected chi connectivity index (χ0v) is 41.6. The van der Waals surface area contributed by atoms with Crippen molar-refractivity contribution in [1.82, 2.24) is 0 Å². The molecule has 1 nitrogen and oxygen atoms in total. The Morgan fingerprint density at radius 2 is 0.851 bits per heavy atom. The van der Waals surface area contributed by atoms with Crippen LogP contribution in [0.1, 0.15) is 175 Å². The Balaban J connectivity index is 0.000000997. The molecule has 0 amide bonds. The normalized spacial score (nSPS) is 13.0. The quantitative estimate of drug-likeness (QED) is 0.0218. The highest BCUT2D eigenvalue weighted by Gasteiger charge is 2.74. The second-order valence-electron chi connectivity index (χ2n) is 18.0. The molecule has 0 aliphatic heterocycles. The lowest BCUT2D eigenvalue weighted by Crippen LogP contribution is -2.99. The van der Waals surface area contributed by atoms with E-state index in [1.54, 1.807) is 21.1 Å². The fourth-order valence-electron chi connectivity index (χ4n) is 8.44. The van der Waals surface area contributed by atoms with Gasteiger partial charge in [-0.25, -0.2) is 35.1 Å². The highest BCUT2D eigenvalue weighted by molar-refractivity contribution is 6.79. The molecule has 1 atom stereocenters. The Morgan fingerprint density at radius 3 is 1.24 bits per heavy atom. The predicted octanol–water partition coefficient (Wildman–Crippen LogP) is 18.4. The summed E-state index contributed by atoms with van der Waals surface area (Å²) in [5.41, 5.74) is -8.45. The van der Waals surface area contributed by atoms with Gasteiger partial charge in [-0.15, -0.1) is 8.78 Å². The number of quaternary nitrogens is 1. The van der Waals surface area contributed by atoms with Crippen molar-refractivity contribution in [2.75, 3.05) is 6.54 Å². The van der Waals surface area contributed by atoms with Crippen LogP contribution in [-0.2, 0) is 6.18 Å². The molecule has 2 rings (SSSR count). The van der Waals surface area contributed by atoms with E-state index in [0.717, 1.165) is 32.1 Å². The van der Waals surface area contributed by atoms with Crippen molar-refractivity contribution in [3.8, 4) is 11.1 Å². The van der Waals surface area contributed by atoms with E-state index in [1.807, 2.05) is 20.8 Å². The van der Waals surface area contributed by atoms with E-state index in [1.165, 1.54) is 51.4 Å². The Bertz CT molecular complexity index is 1670. The summed E-state index contributed by atoms with van der Waals surface area (Å²) in [4.78, 5) is 0. The summed E-state index contributed by atoms with van der Waals surface area (Å²) in [5.74, 6) is -31.1. The van der Waals surface area contributed by atoms with Gasteiger partial charge in [0, 0.05) is 12.0 Å². The van der Waals surface area contributed by atoms with Gasteiger partial charge in [-0.2, -0.15) is 51.9 Å². The first-order chi connectivity index (χ1) is 31.1. The fraction of sp³-hybridized carbons (Fsp3) is 0.750. The summed E-state index contributed by atoms with van der Waals surface area (Å²) in [6.07, 6.45) is 10.0. The Hall–Kier alpha value is -2.26. The number of rotatable bonds is 28. The monoisotopic (exact) mass is 1010 g/mol. The first-order valence-corrected chi connectivity index (χ1v) is 27.3. The third kappa shape index (κ3) is 18.8. The molecule has 67 heavy (non-hydrogen) atoms. The van der Waals surface area contributed by atoms with Gasteiger partial charge in [-0.1, -0.05) is 145 Å². The molecule has 1 unspecified atom stereocenters. The minimum absolute atomic E-state index is 0.0988. The molecule has 0 saturated heterocycles. The van der Waals surface area contributed by atoms with E-state index in [0.29, 0.717) is 26.2 Å². The topological polar surface area (TPSA) is 16.6 Å². The average Bonchev–Trinajstić information content (AvgIpc) is 3.27. The Kier molecular flexibility index (Phi) is 29.4. The minimum atomic E-state index is -5.83. The van der Waals surface area contributed by atoms with Crippen LogP contribution in [0.5, 0.6) is 0 Å². The predicted molar refractivity (Wildman–Crippen MR) is 234 cm³/mol. The summed E-state index contributed by atoms with van der Waals surface area (Å²) in [7, 11) is 0. The van der Waals surface area contributed by atoms with Gasteiger partial charge in [0.05, 0.1) is 12.1 Å². The molecule has 0 radical (unpaired) electrons. The molecular weight excluding hydrogens is 940 g/mol. The van der Waals surface area contributed by atoms with Crippen LogP contribution in [0.3, 0.4) is 0 Å². The van der Waals surface area contributed by atoms with E-state index in [4.69, 9.17) is 0 Å². The van der Waals surface area contributed by atoms with Gasteiger partial charge < -0.3 is 0 Å². The number of nitrogens with two attached hydrogens (primary N) is 1. The first kappa shape index (κ1) is 64.7. The number of hydrogen-bond donors (Lipinski definition) is 1. The van der Waals surface area contributed by atoms with Gasteiger partial charge in [0.15, 0.2) is 40.7 Å². The molecule has 0 fully saturated rings. The average molecular weight is 1010 g/mol. The van der Waals surface area contributed by atoms with Gasteiger partial charge in [-0.05, 0) is 31.2 Å². The molecule has 0 spiro atoms. The van der Waals surface area contributed by atoms with E-state index < -0.39 is 112 Å². The third-order valence-electron chi connectivity index (χ3n) is 12.7. The molecule has 2 aromatic rings. The highest BCUT2D eigenvalue weighted by atomic mass is 27.2. The zero-order valence-electron chi connectivity index (χ0n) is 40.4. The Morgan fingerprint density at radius 1 is 0.448 bits per heavy atom. The Labute approximate surface area is 389 Å². The van der Waals surface area contributed by atoms with Crippen molar-refractivity contribution in [3.05, 3.63) is 57.7 Å². The first-order valence-electron chi connectivity index (χ1n) is 24.1. The molecule has 0 aliphatic carbocycles. The van der Waals surface area contributed by atoms with Crippen LogP contribution in [-0.4, -0.2) is 37.5 Å². The van der Waals surface area contributed by atoms with Crippen LogP contribution in [0.25, 0.3) is 11.1 Å².